The second kappa shape index (κ2) is 13.5. The van der Waals surface area contributed by atoms with Gasteiger partial charge in [0, 0.05) is 33.0 Å². The van der Waals surface area contributed by atoms with Crippen molar-refractivity contribution in [2.45, 2.75) is 16.6 Å². The van der Waals surface area contributed by atoms with Crippen LogP contribution in [0.1, 0.15) is 28.5 Å². The Kier molecular flexibility index (Phi) is 10.0. The van der Waals surface area contributed by atoms with Gasteiger partial charge in [-0.3, -0.25) is 4.79 Å². The molecule has 0 bridgehead atoms. The largest absolute Gasteiger partial charge is 0.469 e. The predicted octanol–water partition coefficient (Wildman–Crippen LogP) is 7.03. The standard InChI is InChI=1S/C29H26Cl2N2O4S2/c1-37-29(34)15-16-38-28(19-32-39(35,36)26-13-9-23(30)10-14-26)22-4-2-3-20(17-22)5-11-25-12-7-21-6-8-24(31)18-27(21)33-25/h2-14,17-18,28,32H,15-16,19H2,1H3/b11-5+. The minimum atomic E-state index is -3.75. The molecule has 1 atom stereocenters. The summed E-state index contributed by atoms with van der Waals surface area (Å²) in [6.45, 7) is 0.136. The maximum absolute atomic E-state index is 12.9. The van der Waals surface area contributed by atoms with Gasteiger partial charge in [-0.2, -0.15) is 11.8 Å². The van der Waals surface area contributed by atoms with E-state index in [-0.39, 0.29) is 29.1 Å². The van der Waals surface area contributed by atoms with Gasteiger partial charge in [0.1, 0.15) is 0 Å². The Morgan fingerprint density at radius 1 is 1.00 bits per heavy atom. The summed E-state index contributed by atoms with van der Waals surface area (Å²) in [6, 6.07) is 23.4. The van der Waals surface area contributed by atoms with Crippen LogP contribution in [0, 0.1) is 0 Å². The van der Waals surface area contributed by atoms with E-state index in [4.69, 9.17) is 27.9 Å². The van der Waals surface area contributed by atoms with E-state index in [1.54, 1.807) is 0 Å². The Bertz CT molecular complexity index is 1590. The number of aromatic nitrogens is 1. The third-order valence-corrected chi connectivity index (χ3v) is 9.05. The first kappa shape index (κ1) is 29.1. The molecule has 0 saturated heterocycles. The number of carbonyl (C=O) groups is 1. The number of sulfonamides is 1. The minimum absolute atomic E-state index is 0.131. The van der Waals surface area contributed by atoms with Crippen LogP contribution in [0.5, 0.6) is 0 Å². The first-order valence-corrected chi connectivity index (χ1v) is 15.3. The number of methoxy groups -OCH3 is 1. The van der Waals surface area contributed by atoms with Gasteiger partial charge in [-0.1, -0.05) is 65.7 Å². The maximum Gasteiger partial charge on any atom is 0.306 e. The van der Waals surface area contributed by atoms with Crippen LogP contribution >= 0.6 is 35.0 Å². The van der Waals surface area contributed by atoms with Crippen molar-refractivity contribution in [1.29, 1.82) is 0 Å². The molecule has 0 radical (unpaired) electrons. The molecule has 0 aliphatic carbocycles. The van der Waals surface area contributed by atoms with Crippen LogP contribution in [0.25, 0.3) is 23.1 Å². The molecule has 10 heteroatoms. The Morgan fingerprint density at radius 2 is 1.74 bits per heavy atom. The van der Waals surface area contributed by atoms with Crippen molar-refractivity contribution in [3.63, 3.8) is 0 Å². The van der Waals surface area contributed by atoms with Gasteiger partial charge in [0.05, 0.1) is 29.6 Å². The number of esters is 1. The van der Waals surface area contributed by atoms with Crippen LogP contribution in [0.4, 0.5) is 0 Å². The van der Waals surface area contributed by atoms with Gasteiger partial charge < -0.3 is 4.74 Å². The van der Waals surface area contributed by atoms with Gasteiger partial charge in [0.25, 0.3) is 0 Å². The van der Waals surface area contributed by atoms with E-state index < -0.39 is 10.0 Å². The highest BCUT2D eigenvalue weighted by Gasteiger charge is 2.19. The predicted molar refractivity (Wildman–Crippen MR) is 161 cm³/mol. The summed E-state index contributed by atoms with van der Waals surface area (Å²) in [5.41, 5.74) is 3.45. The number of hydrogen-bond donors (Lipinski definition) is 1. The highest BCUT2D eigenvalue weighted by Crippen LogP contribution is 2.30. The number of ether oxygens (including phenoxy) is 1. The van der Waals surface area contributed by atoms with E-state index in [0.29, 0.717) is 15.8 Å². The molecule has 0 amide bonds. The molecule has 0 fully saturated rings. The molecule has 1 N–H and O–H groups in total. The number of nitrogens with one attached hydrogen (secondary N) is 1. The van der Waals surface area contributed by atoms with Crippen LogP contribution in [-0.2, 0) is 19.6 Å². The summed E-state index contributed by atoms with van der Waals surface area (Å²) in [5.74, 6) is 0.160. The van der Waals surface area contributed by atoms with Crippen LogP contribution < -0.4 is 4.72 Å². The second-order valence-electron chi connectivity index (χ2n) is 8.57. The fraction of sp³-hybridized carbons (Fsp3) is 0.172. The van der Waals surface area contributed by atoms with Crippen LogP contribution in [0.3, 0.4) is 0 Å². The van der Waals surface area contributed by atoms with Gasteiger partial charge in [-0.25, -0.2) is 18.1 Å². The lowest BCUT2D eigenvalue weighted by Crippen LogP contribution is -2.28. The number of benzene rings is 3. The minimum Gasteiger partial charge on any atom is -0.469 e. The molecule has 1 aromatic heterocycles. The summed E-state index contributed by atoms with van der Waals surface area (Å²) >= 11 is 13.5. The van der Waals surface area contributed by atoms with Gasteiger partial charge in [0.2, 0.25) is 10.0 Å². The third-order valence-electron chi connectivity index (χ3n) is 5.84. The number of halogens is 2. The zero-order valence-electron chi connectivity index (χ0n) is 21.0. The molecule has 4 aromatic rings. The number of rotatable bonds is 11. The molecule has 1 heterocycles. The summed E-state index contributed by atoms with van der Waals surface area (Å²) < 4.78 is 33.2. The smallest absolute Gasteiger partial charge is 0.306 e. The fourth-order valence-electron chi connectivity index (χ4n) is 3.79. The number of fused-ring (bicyclic) bond motifs is 1. The molecule has 6 nitrogen and oxygen atoms in total. The molecule has 4 rings (SSSR count). The molecule has 0 spiro atoms. The zero-order chi connectivity index (χ0) is 27.8. The van der Waals surface area contributed by atoms with Gasteiger partial charge in [-0.15, -0.1) is 0 Å². The van der Waals surface area contributed by atoms with Crippen molar-refractivity contribution in [1.82, 2.24) is 9.71 Å². The monoisotopic (exact) mass is 600 g/mol. The molecular weight excluding hydrogens is 575 g/mol. The van der Waals surface area contributed by atoms with Crippen molar-refractivity contribution in [2.24, 2.45) is 0 Å². The zero-order valence-corrected chi connectivity index (χ0v) is 24.2. The number of hydrogen-bond acceptors (Lipinski definition) is 6. The molecule has 202 valence electrons. The number of carbonyl (C=O) groups excluding carboxylic acids is 1. The van der Waals surface area contributed by atoms with Gasteiger partial charge in [-0.05, 0) is 59.7 Å². The average molecular weight is 602 g/mol. The Labute approximate surface area is 242 Å². The Hall–Kier alpha value is -2.88. The van der Waals surface area contributed by atoms with E-state index in [1.807, 2.05) is 66.7 Å². The van der Waals surface area contributed by atoms with Crippen LogP contribution in [0.2, 0.25) is 10.0 Å². The van der Waals surface area contributed by atoms with Crippen LogP contribution in [0.15, 0.2) is 83.8 Å². The Morgan fingerprint density at radius 3 is 2.51 bits per heavy atom. The topological polar surface area (TPSA) is 85.4 Å². The van der Waals surface area contributed by atoms with Gasteiger partial charge >= 0.3 is 5.97 Å². The molecule has 39 heavy (non-hydrogen) atoms. The summed E-state index contributed by atoms with van der Waals surface area (Å²) in [5, 5.41) is 1.85. The molecule has 0 saturated carbocycles. The summed E-state index contributed by atoms with van der Waals surface area (Å²) in [4.78, 5) is 16.4. The molecule has 1 unspecified atom stereocenters. The lowest BCUT2D eigenvalue weighted by Gasteiger charge is -2.18. The van der Waals surface area contributed by atoms with Crippen molar-refractivity contribution in [3.05, 3.63) is 106 Å². The molecule has 0 aliphatic heterocycles. The first-order chi connectivity index (χ1) is 18.7. The summed E-state index contributed by atoms with van der Waals surface area (Å²) in [7, 11) is -2.40. The van der Waals surface area contributed by atoms with E-state index in [2.05, 4.69) is 9.71 Å². The number of nitrogens with zero attached hydrogens (tertiary/aromatic N) is 1. The molecular formula is C29H26Cl2N2O4S2. The maximum atomic E-state index is 12.9. The van der Waals surface area contributed by atoms with Gasteiger partial charge in [0.15, 0.2) is 0 Å². The SMILES string of the molecule is COC(=O)CCSC(CNS(=O)(=O)c1ccc(Cl)cc1)c1cccc(/C=C/c2ccc3ccc(Cl)cc3n2)c1. The lowest BCUT2D eigenvalue weighted by atomic mass is 10.1. The van der Waals surface area contributed by atoms with E-state index in [1.165, 1.54) is 43.1 Å². The summed E-state index contributed by atoms with van der Waals surface area (Å²) in [6.07, 6.45) is 4.09. The second-order valence-corrected chi connectivity index (χ2v) is 12.5. The van der Waals surface area contributed by atoms with Crippen LogP contribution in [-0.4, -0.2) is 38.8 Å². The van der Waals surface area contributed by atoms with E-state index in [0.717, 1.165) is 27.7 Å². The first-order valence-electron chi connectivity index (χ1n) is 12.0. The number of pyridine rings is 1. The van der Waals surface area contributed by atoms with E-state index >= 15 is 0 Å². The quantitative estimate of drug-likeness (QED) is 0.186. The van der Waals surface area contributed by atoms with Crippen molar-refractivity contribution in [2.75, 3.05) is 19.4 Å². The molecule has 3 aromatic carbocycles. The highest BCUT2D eigenvalue weighted by atomic mass is 35.5. The molecule has 0 aliphatic rings. The highest BCUT2D eigenvalue weighted by molar-refractivity contribution is 7.99. The lowest BCUT2D eigenvalue weighted by molar-refractivity contribution is -0.140. The average Bonchev–Trinajstić information content (AvgIpc) is 2.93. The van der Waals surface area contributed by atoms with Crippen molar-refractivity contribution < 1.29 is 17.9 Å². The normalized spacial score (nSPS) is 12.6. The Balaban J connectivity index is 1.53. The van der Waals surface area contributed by atoms with E-state index in [9.17, 15) is 13.2 Å². The van der Waals surface area contributed by atoms with Crippen molar-refractivity contribution >= 4 is 74.0 Å². The van der Waals surface area contributed by atoms with Crippen molar-refractivity contribution in [3.8, 4) is 0 Å². The fourth-order valence-corrected chi connectivity index (χ4v) is 6.34. The third kappa shape index (κ3) is 8.30. The number of thioether (sulfide) groups is 1.